The van der Waals surface area contributed by atoms with Crippen molar-refractivity contribution in [3.05, 3.63) is 224 Å². The molecule has 11 aromatic carbocycles. The summed E-state index contributed by atoms with van der Waals surface area (Å²) in [6, 6.07) is 80.6. The maximum Gasteiger partial charge on any atom is 0.164 e. The third-order valence-corrected chi connectivity index (χ3v) is 14.1. The smallest absolute Gasteiger partial charge is 0.164 e. The molecule has 0 aliphatic heterocycles. The van der Waals surface area contributed by atoms with Crippen molar-refractivity contribution in [1.29, 1.82) is 0 Å². The van der Waals surface area contributed by atoms with Gasteiger partial charge in [-0.25, -0.2) is 15.0 Å². The highest BCUT2D eigenvalue weighted by atomic mass is 32.1. The monoisotopic (exact) mass is 843 g/mol. The number of rotatable bonds is 6. The van der Waals surface area contributed by atoms with Gasteiger partial charge in [-0.15, -0.1) is 11.3 Å². The van der Waals surface area contributed by atoms with Crippen molar-refractivity contribution in [2.45, 2.75) is 0 Å². The average Bonchev–Trinajstić information content (AvgIpc) is 3.75. The molecule has 65 heavy (non-hydrogen) atoms. The quantitative estimate of drug-likeness (QED) is 0.167. The van der Waals surface area contributed by atoms with Gasteiger partial charge in [-0.05, 0) is 95.3 Å². The van der Waals surface area contributed by atoms with Crippen molar-refractivity contribution in [3.63, 3.8) is 0 Å². The van der Waals surface area contributed by atoms with Crippen LogP contribution < -0.4 is 0 Å². The minimum absolute atomic E-state index is 0.628. The predicted octanol–water partition coefficient (Wildman–Crippen LogP) is 16.9. The van der Waals surface area contributed by atoms with Crippen LogP contribution in [0.1, 0.15) is 0 Å². The Labute approximate surface area is 379 Å². The van der Waals surface area contributed by atoms with E-state index < -0.39 is 0 Å². The number of hydrogen-bond donors (Lipinski definition) is 0. The van der Waals surface area contributed by atoms with Gasteiger partial charge in [0.2, 0.25) is 0 Å². The summed E-state index contributed by atoms with van der Waals surface area (Å²) in [7, 11) is 0. The average molecular weight is 844 g/mol. The van der Waals surface area contributed by atoms with Gasteiger partial charge in [0.25, 0.3) is 0 Å². The number of nitrogens with zero attached hydrogens (tertiary/aromatic N) is 3. The van der Waals surface area contributed by atoms with Crippen LogP contribution in [0.25, 0.3) is 131 Å². The Hall–Kier alpha value is -8.31. The summed E-state index contributed by atoms with van der Waals surface area (Å²) < 4.78 is 2.59. The highest BCUT2D eigenvalue weighted by Gasteiger charge is 2.21. The molecule has 2 aromatic heterocycles. The molecule has 13 aromatic rings. The SMILES string of the molecule is c1ccc(-c2ccc3cccc(-c4nc(-c5ccc(-c6ccc7c(c6)sc6ccccc67)c6ccccc56)nc(-c5cccc6cccc(-c7cccc8ccccc78)c56)n4)c3c2)cc1. The maximum absolute atomic E-state index is 5.49. The van der Waals surface area contributed by atoms with Gasteiger partial charge in [0.1, 0.15) is 0 Å². The van der Waals surface area contributed by atoms with Gasteiger partial charge in [-0.3, -0.25) is 0 Å². The molecule has 2 heterocycles. The minimum atomic E-state index is 0.628. The summed E-state index contributed by atoms with van der Waals surface area (Å²) in [4.78, 5) is 16.4. The topological polar surface area (TPSA) is 38.7 Å². The second kappa shape index (κ2) is 15.2. The van der Waals surface area contributed by atoms with Crippen LogP contribution in [0.2, 0.25) is 0 Å². The third kappa shape index (κ3) is 6.30. The Morgan fingerprint density at radius 2 is 0.769 bits per heavy atom. The van der Waals surface area contributed by atoms with Crippen molar-refractivity contribution >= 4 is 74.6 Å². The molecule has 0 N–H and O–H groups in total. The lowest BCUT2D eigenvalue weighted by molar-refractivity contribution is 1.08. The summed E-state index contributed by atoms with van der Waals surface area (Å²) in [6.07, 6.45) is 0. The number of fused-ring (bicyclic) bond motifs is 7. The van der Waals surface area contributed by atoms with E-state index >= 15 is 0 Å². The lowest BCUT2D eigenvalue weighted by Crippen LogP contribution is -2.02. The highest BCUT2D eigenvalue weighted by molar-refractivity contribution is 7.25. The van der Waals surface area contributed by atoms with Crippen LogP contribution in [0.15, 0.2) is 224 Å². The molecule has 0 aliphatic carbocycles. The summed E-state index contributed by atoms with van der Waals surface area (Å²) >= 11 is 1.85. The van der Waals surface area contributed by atoms with Gasteiger partial charge in [-0.2, -0.15) is 0 Å². The Balaban J connectivity index is 1.06. The van der Waals surface area contributed by atoms with Gasteiger partial charge in [0.05, 0.1) is 0 Å². The predicted molar refractivity (Wildman–Crippen MR) is 275 cm³/mol. The maximum atomic E-state index is 5.49. The van der Waals surface area contributed by atoms with E-state index in [2.05, 4.69) is 224 Å². The van der Waals surface area contributed by atoms with E-state index in [-0.39, 0.29) is 0 Å². The van der Waals surface area contributed by atoms with Gasteiger partial charge in [-0.1, -0.05) is 200 Å². The molecular weight excluding hydrogens is 807 g/mol. The molecule has 0 aliphatic rings. The van der Waals surface area contributed by atoms with Crippen LogP contribution in [-0.2, 0) is 0 Å². The first-order valence-electron chi connectivity index (χ1n) is 22.0. The largest absolute Gasteiger partial charge is 0.208 e. The molecule has 4 heteroatoms. The zero-order chi connectivity index (χ0) is 42.8. The Kier molecular flexibility index (Phi) is 8.71. The molecule has 0 saturated heterocycles. The van der Waals surface area contributed by atoms with Gasteiger partial charge in [0, 0.05) is 42.2 Å². The second-order valence-electron chi connectivity index (χ2n) is 16.7. The fraction of sp³-hybridized carbons (Fsp3) is 0. The first-order chi connectivity index (χ1) is 32.2. The van der Waals surface area contributed by atoms with E-state index in [0.29, 0.717) is 17.5 Å². The van der Waals surface area contributed by atoms with E-state index in [9.17, 15) is 0 Å². The third-order valence-electron chi connectivity index (χ3n) is 12.9. The zero-order valence-electron chi connectivity index (χ0n) is 35.1. The second-order valence-corrected chi connectivity index (χ2v) is 17.7. The molecule has 0 radical (unpaired) electrons. The van der Waals surface area contributed by atoms with Crippen LogP contribution in [0.3, 0.4) is 0 Å². The number of benzene rings is 11. The van der Waals surface area contributed by atoms with Crippen LogP contribution in [-0.4, -0.2) is 15.0 Å². The van der Waals surface area contributed by atoms with Gasteiger partial charge < -0.3 is 0 Å². The zero-order valence-corrected chi connectivity index (χ0v) is 35.9. The highest BCUT2D eigenvalue weighted by Crippen LogP contribution is 2.43. The summed E-state index contributed by atoms with van der Waals surface area (Å²) in [5, 5.41) is 11.7. The molecule has 13 rings (SSSR count). The summed E-state index contributed by atoms with van der Waals surface area (Å²) in [6.45, 7) is 0. The molecule has 0 bridgehead atoms. The minimum Gasteiger partial charge on any atom is -0.208 e. The van der Waals surface area contributed by atoms with Crippen molar-refractivity contribution in [2.75, 3.05) is 0 Å². The lowest BCUT2D eigenvalue weighted by Gasteiger charge is -2.16. The lowest BCUT2D eigenvalue weighted by atomic mass is 9.91. The first kappa shape index (κ1) is 37.3. The van der Waals surface area contributed by atoms with Crippen molar-refractivity contribution in [2.24, 2.45) is 0 Å². The van der Waals surface area contributed by atoms with Crippen LogP contribution in [0.4, 0.5) is 0 Å². The van der Waals surface area contributed by atoms with E-state index in [1.165, 1.54) is 47.6 Å². The van der Waals surface area contributed by atoms with E-state index in [0.717, 1.165) is 65.7 Å². The summed E-state index contributed by atoms with van der Waals surface area (Å²) in [5.41, 5.74) is 9.85. The molecular formula is C61H37N3S. The van der Waals surface area contributed by atoms with Crippen molar-refractivity contribution < 1.29 is 0 Å². The molecule has 3 nitrogen and oxygen atoms in total. The molecule has 0 unspecified atom stereocenters. The fourth-order valence-electron chi connectivity index (χ4n) is 9.87. The number of aromatic nitrogens is 3. The Bertz CT molecular complexity index is 4010. The van der Waals surface area contributed by atoms with E-state index in [1.54, 1.807) is 0 Å². The molecule has 0 atom stereocenters. The van der Waals surface area contributed by atoms with E-state index in [1.807, 2.05) is 11.3 Å². The molecule has 302 valence electrons. The van der Waals surface area contributed by atoms with Crippen LogP contribution in [0, 0.1) is 0 Å². The van der Waals surface area contributed by atoms with E-state index in [4.69, 9.17) is 15.0 Å². The number of thiophene rings is 1. The molecule has 0 amide bonds. The van der Waals surface area contributed by atoms with Crippen molar-refractivity contribution in [3.8, 4) is 67.5 Å². The molecule has 0 spiro atoms. The van der Waals surface area contributed by atoms with Crippen LogP contribution >= 0.6 is 11.3 Å². The number of hydrogen-bond acceptors (Lipinski definition) is 4. The molecule has 0 fully saturated rings. The van der Waals surface area contributed by atoms with Gasteiger partial charge >= 0.3 is 0 Å². The normalized spacial score (nSPS) is 11.7. The van der Waals surface area contributed by atoms with Crippen molar-refractivity contribution in [1.82, 2.24) is 15.0 Å². The van der Waals surface area contributed by atoms with Gasteiger partial charge in [0.15, 0.2) is 17.5 Å². The molecule has 0 saturated carbocycles. The first-order valence-corrected chi connectivity index (χ1v) is 22.8. The Morgan fingerprint density at radius 3 is 1.55 bits per heavy atom. The summed E-state index contributed by atoms with van der Waals surface area (Å²) in [5.74, 6) is 1.88. The Morgan fingerprint density at radius 1 is 0.246 bits per heavy atom. The van der Waals surface area contributed by atoms with Crippen LogP contribution in [0.5, 0.6) is 0 Å². The fourth-order valence-corrected chi connectivity index (χ4v) is 11.0. The standard InChI is InChI=1S/C61H37N3S/c1-2-14-38(15-3-1)42-31-30-40-18-11-27-52(55(40)36-42)59-62-60(53-35-34-45(46-22-6-7-23-48(46)53)43-32-33-50-49-24-8-9-29-56(49)65-57(50)37-43)64-61(63-59)54-28-13-20-41-19-12-26-51(58(41)54)47-25-10-17-39-16-4-5-21-44(39)47/h1-37H.